The van der Waals surface area contributed by atoms with Crippen molar-refractivity contribution in [2.45, 2.75) is 20.3 Å². The van der Waals surface area contributed by atoms with Crippen LogP contribution in [0, 0.1) is 10.1 Å². The number of carbonyl (C=O) groups is 3. The molecule has 0 saturated heterocycles. The predicted octanol–water partition coefficient (Wildman–Crippen LogP) is 2.02. The molecule has 0 radical (unpaired) electrons. The van der Waals surface area contributed by atoms with Crippen molar-refractivity contribution in [2.75, 3.05) is 6.61 Å². The van der Waals surface area contributed by atoms with Gasteiger partial charge in [-0.2, -0.15) is 0 Å². The Morgan fingerprint density at radius 1 is 1.17 bits per heavy atom. The first-order chi connectivity index (χ1) is 10.8. The van der Waals surface area contributed by atoms with Crippen molar-refractivity contribution >= 4 is 29.5 Å². The van der Waals surface area contributed by atoms with Gasteiger partial charge in [-0.25, -0.2) is 0 Å². The van der Waals surface area contributed by atoms with Gasteiger partial charge in [-0.1, -0.05) is 0 Å². The molecule has 0 aliphatic heterocycles. The summed E-state index contributed by atoms with van der Waals surface area (Å²) in [5.41, 5.74) is 0.443. The molecule has 0 aromatic heterocycles. The van der Waals surface area contributed by atoms with Crippen LogP contribution in [0.2, 0.25) is 0 Å². The topological polar surface area (TPSA) is 113 Å². The highest BCUT2D eigenvalue weighted by Gasteiger charge is 2.11. The number of carbonyl (C=O) groups excluding carboxylic acids is 3. The van der Waals surface area contributed by atoms with E-state index in [1.54, 1.807) is 0 Å². The van der Waals surface area contributed by atoms with Crippen molar-refractivity contribution in [3.05, 3.63) is 45.7 Å². The second-order valence-corrected chi connectivity index (χ2v) is 4.59. The Labute approximate surface area is 131 Å². The molecule has 0 fully saturated rings. The number of Topliss-reactive ketones (excluding diaryl/α,β-unsaturated/α-hetero) is 1. The molecule has 0 aliphatic rings. The third-order valence-corrected chi connectivity index (χ3v) is 2.48. The molecule has 0 N–H and O–H groups in total. The van der Waals surface area contributed by atoms with Crippen molar-refractivity contribution in [1.29, 1.82) is 0 Å². The van der Waals surface area contributed by atoms with Crippen LogP contribution in [0.1, 0.15) is 25.8 Å². The van der Waals surface area contributed by atoms with Crippen LogP contribution in [0.25, 0.3) is 6.08 Å². The van der Waals surface area contributed by atoms with E-state index < -0.39 is 16.9 Å². The summed E-state index contributed by atoms with van der Waals surface area (Å²) >= 11 is 0. The lowest BCUT2D eigenvalue weighted by Crippen LogP contribution is -2.13. The van der Waals surface area contributed by atoms with Crippen molar-refractivity contribution in [3.8, 4) is 0 Å². The first kappa shape index (κ1) is 18.0. The van der Waals surface area contributed by atoms with Gasteiger partial charge in [-0.3, -0.25) is 24.5 Å². The van der Waals surface area contributed by atoms with Gasteiger partial charge in [0, 0.05) is 19.1 Å². The third kappa shape index (κ3) is 6.98. The molecule has 0 atom stereocenters. The molecule has 0 bridgehead atoms. The molecule has 8 nitrogen and oxygen atoms in total. The monoisotopic (exact) mass is 321 g/mol. The number of rotatable bonds is 7. The van der Waals surface area contributed by atoms with Crippen LogP contribution in [0.5, 0.6) is 0 Å². The first-order valence-corrected chi connectivity index (χ1v) is 6.56. The van der Waals surface area contributed by atoms with Gasteiger partial charge in [0.05, 0.1) is 4.92 Å². The molecule has 0 heterocycles. The highest BCUT2D eigenvalue weighted by molar-refractivity contribution is 5.94. The highest BCUT2D eigenvalue weighted by atomic mass is 16.6. The van der Waals surface area contributed by atoms with Crippen molar-refractivity contribution in [1.82, 2.24) is 0 Å². The Morgan fingerprint density at radius 3 is 2.26 bits per heavy atom. The molecule has 0 unspecified atom stereocenters. The molecule has 1 aromatic carbocycles. The van der Waals surface area contributed by atoms with E-state index in [9.17, 15) is 24.5 Å². The summed E-state index contributed by atoms with van der Waals surface area (Å²) in [5, 5.41) is 10.6. The number of hydrogen-bond acceptors (Lipinski definition) is 7. The Balaban J connectivity index is 2.83. The number of nitrogens with zero attached hydrogens (tertiary/aromatic N) is 1. The van der Waals surface area contributed by atoms with Crippen LogP contribution in [-0.2, 0) is 23.9 Å². The third-order valence-electron chi connectivity index (χ3n) is 2.48. The fourth-order valence-electron chi connectivity index (χ4n) is 1.57. The van der Waals surface area contributed by atoms with Gasteiger partial charge in [-0.15, -0.1) is 0 Å². The summed E-state index contributed by atoms with van der Waals surface area (Å²) < 4.78 is 9.75. The van der Waals surface area contributed by atoms with Gasteiger partial charge in [0.2, 0.25) is 0 Å². The van der Waals surface area contributed by atoms with E-state index in [1.165, 1.54) is 44.2 Å². The van der Waals surface area contributed by atoms with Crippen molar-refractivity contribution in [2.24, 2.45) is 0 Å². The number of nitro groups is 1. The van der Waals surface area contributed by atoms with Gasteiger partial charge in [-0.05, 0) is 30.7 Å². The molecule has 23 heavy (non-hydrogen) atoms. The molecule has 1 rings (SSSR count). The van der Waals surface area contributed by atoms with Crippen LogP contribution in [-0.4, -0.2) is 29.3 Å². The molecule has 0 amide bonds. The van der Waals surface area contributed by atoms with E-state index in [1.807, 2.05) is 0 Å². The van der Waals surface area contributed by atoms with E-state index in [0.29, 0.717) is 5.56 Å². The Kier molecular flexibility index (Phi) is 6.60. The summed E-state index contributed by atoms with van der Waals surface area (Å²) in [6, 6.07) is 5.50. The minimum absolute atomic E-state index is 0.0447. The second kappa shape index (κ2) is 8.42. The maximum Gasteiger partial charge on any atom is 0.313 e. The van der Waals surface area contributed by atoms with Gasteiger partial charge < -0.3 is 9.47 Å². The first-order valence-electron chi connectivity index (χ1n) is 6.56. The molecule has 1 aromatic rings. The average molecular weight is 321 g/mol. The zero-order valence-corrected chi connectivity index (χ0v) is 12.6. The van der Waals surface area contributed by atoms with Crippen LogP contribution >= 0.6 is 0 Å². The molecule has 0 spiro atoms. The smallest absolute Gasteiger partial charge is 0.313 e. The zero-order chi connectivity index (χ0) is 17.4. The normalized spacial score (nSPS) is 10.8. The lowest BCUT2D eigenvalue weighted by molar-refractivity contribution is -0.384. The Morgan fingerprint density at radius 2 is 1.78 bits per heavy atom. The quantitative estimate of drug-likeness (QED) is 0.248. The maximum absolute atomic E-state index is 11.3. The van der Waals surface area contributed by atoms with E-state index >= 15 is 0 Å². The molecular formula is C15H15NO7. The second-order valence-electron chi connectivity index (χ2n) is 4.59. The van der Waals surface area contributed by atoms with Crippen LogP contribution in [0.15, 0.2) is 30.0 Å². The number of esters is 2. The van der Waals surface area contributed by atoms with Gasteiger partial charge >= 0.3 is 11.9 Å². The Bertz CT molecular complexity index is 646. The minimum Gasteiger partial charge on any atom is -0.457 e. The lowest BCUT2D eigenvalue weighted by Gasteiger charge is -2.08. The number of nitro benzene ring substituents is 1. The van der Waals surface area contributed by atoms with Gasteiger partial charge in [0.1, 0.15) is 24.6 Å². The van der Waals surface area contributed by atoms with E-state index in [0.717, 1.165) is 0 Å². The number of non-ortho nitro benzene ring substituents is 1. The number of ketones is 1. The van der Waals surface area contributed by atoms with Crippen LogP contribution < -0.4 is 0 Å². The Hall–Kier alpha value is -3.03. The summed E-state index contributed by atoms with van der Waals surface area (Å²) in [7, 11) is 0. The highest BCUT2D eigenvalue weighted by Crippen LogP contribution is 2.15. The minimum atomic E-state index is -0.737. The molecule has 8 heteroatoms. The van der Waals surface area contributed by atoms with Gasteiger partial charge in [0.25, 0.3) is 5.69 Å². The zero-order valence-electron chi connectivity index (χ0n) is 12.6. The summed E-state index contributed by atoms with van der Waals surface area (Å²) in [6.45, 7) is 2.10. The molecular weight excluding hydrogens is 306 g/mol. The van der Waals surface area contributed by atoms with E-state index in [-0.39, 0.29) is 30.3 Å². The fourth-order valence-corrected chi connectivity index (χ4v) is 1.57. The summed E-state index contributed by atoms with van der Waals surface area (Å²) in [4.78, 5) is 43.2. The molecule has 0 aliphatic carbocycles. The van der Waals surface area contributed by atoms with E-state index in [4.69, 9.17) is 9.47 Å². The fraction of sp³-hybridized carbons (Fsp3) is 0.267. The standard InChI is InChI=1S/C15H15NO7/c1-10(17)7-15(19)22-9-14(23-11(2)18)8-12-3-5-13(6-4-12)16(20)21/h3-6,8H,7,9H2,1-2H3/b14-8-. The number of ether oxygens (including phenoxy) is 2. The molecule has 0 saturated carbocycles. The van der Waals surface area contributed by atoms with Crippen LogP contribution in [0.4, 0.5) is 5.69 Å². The van der Waals surface area contributed by atoms with Crippen LogP contribution in [0.3, 0.4) is 0 Å². The SMILES string of the molecule is CC(=O)CC(=O)OC/C(=C/c1ccc([N+](=O)[O-])cc1)OC(C)=O. The van der Waals surface area contributed by atoms with Crippen molar-refractivity contribution in [3.63, 3.8) is 0 Å². The predicted molar refractivity (Wildman–Crippen MR) is 79.1 cm³/mol. The largest absolute Gasteiger partial charge is 0.457 e. The number of hydrogen-bond donors (Lipinski definition) is 0. The molecule has 122 valence electrons. The van der Waals surface area contributed by atoms with Gasteiger partial charge in [0.15, 0.2) is 0 Å². The maximum atomic E-state index is 11.3. The van der Waals surface area contributed by atoms with Crippen molar-refractivity contribution < 1.29 is 28.8 Å². The lowest BCUT2D eigenvalue weighted by atomic mass is 10.2. The number of benzene rings is 1. The average Bonchev–Trinajstić information content (AvgIpc) is 2.44. The summed E-state index contributed by atoms with van der Waals surface area (Å²) in [6.07, 6.45) is 1.04. The van der Waals surface area contributed by atoms with E-state index in [2.05, 4.69) is 0 Å². The summed E-state index contributed by atoms with van der Waals surface area (Å²) in [5.74, 6) is -1.65.